The molecule has 29 heavy (non-hydrogen) atoms. The van der Waals surface area contributed by atoms with Gasteiger partial charge in [-0.1, -0.05) is 47.1 Å². The van der Waals surface area contributed by atoms with Crippen molar-refractivity contribution >= 4 is 23.2 Å². The Bertz CT molecular complexity index is 975. The maximum atomic E-state index is 12.8. The Balaban J connectivity index is 1.54. The number of amides is 1. The predicted molar refractivity (Wildman–Crippen MR) is 102 cm³/mol. The van der Waals surface area contributed by atoms with E-state index in [-0.39, 0.29) is 17.3 Å². The summed E-state index contributed by atoms with van der Waals surface area (Å²) in [6.07, 6.45) is -2.94. The normalized spacial score (nSPS) is 11.4. The van der Waals surface area contributed by atoms with E-state index in [0.29, 0.717) is 18.8 Å². The summed E-state index contributed by atoms with van der Waals surface area (Å²) in [5, 5.41) is 13.4. The summed E-state index contributed by atoms with van der Waals surface area (Å²) in [7, 11) is 0. The molecule has 1 amide bonds. The molecule has 0 saturated carbocycles. The Kier molecular flexibility index (Phi) is 6.50. The quantitative estimate of drug-likeness (QED) is 0.605. The van der Waals surface area contributed by atoms with Gasteiger partial charge in [-0.2, -0.15) is 13.2 Å². The first kappa shape index (κ1) is 20.8. The Morgan fingerprint density at radius 2 is 1.86 bits per heavy atom. The standard InChI is InChI=1S/C19H17ClF3N5O/c20-16-7-6-14(19(21,22)23)8-17(16)25-18(29)12-28-11-15(26-27-28)10-24-9-13-4-2-1-3-5-13/h1-8,11,24H,9-10,12H2,(H,25,29). The lowest BCUT2D eigenvalue weighted by Gasteiger charge is -2.11. The van der Waals surface area contributed by atoms with E-state index in [0.717, 1.165) is 23.8 Å². The predicted octanol–water partition coefficient (Wildman–Crippen LogP) is 3.88. The average molecular weight is 424 g/mol. The summed E-state index contributed by atoms with van der Waals surface area (Å²) in [6, 6.07) is 12.6. The third-order valence-electron chi connectivity index (χ3n) is 3.94. The maximum absolute atomic E-state index is 12.8. The zero-order valence-corrected chi connectivity index (χ0v) is 15.8. The molecule has 3 aromatic rings. The Morgan fingerprint density at radius 3 is 2.59 bits per heavy atom. The van der Waals surface area contributed by atoms with Crippen molar-refractivity contribution in [3.05, 3.63) is 76.6 Å². The second kappa shape index (κ2) is 9.06. The molecule has 0 aliphatic heterocycles. The van der Waals surface area contributed by atoms with Gasteiger partial charge in [0, 0.05) is 13.1 Å². The molecule has 0 aliphatic carbocycles. The van der Waals surface area contributed by atoms with Crippen molar-refractivity contribution in [1.82, 2.24) is 20.3 Å². The van der Waals surface area contributed by atoms with Crippen molar-refractivity contribution in [2.75, 3.05) is 5.32 Å². The van der Waals surface area contributed by atoms with Crippen molar-refractivity contribution in [2.45, 2.75) is 25.8 Å². The zero-order valence-electron chi connectivity index (χ0n) is 15.1. The van der Waals surface area contributed by atoms with Crippen LogP contribution in [0.25, 0.3) is 0 Å². The molecular weight excluding hydrogens is 407 g/mol. The van der Waals surface area contributed by atoms with E-state index in [4.69, 9.17) is 11.6 Å². The number of carbonyl (C=O) groups excluding carboxylic acids is 1. The van der Waals surface area contributed by atoms with Crippen LogP contribution in [-0.2, 0) is 30.6 Å². The van der Waals surface area contributed by atoms with Gasteiger partial charge in [0.25, 0.3) is 0 Å². The Morgan fingerprint density at radius 1 is 1.10 bits per heavy atom. The van der Waals surface area contributed by atoms with Crippen molar-refractivity contribution in [3.8, 4) is 0 Å². The smallest absolute Gasteiger partial charge is 0.323 e. The SMILES string of the molecule is O=C(Cn1cc(CNCc2ccccc2)nn1)Nc1cc(C(F)(F)F)ccc1Cl. The van der Waals surface area contributed by atoms with Crippen molar-refractivity contribution in [3.63, 3.8) is 0 Å². The fraction of sp³-hybridized carbons (Fsp3) is 0.211. The summed E-state index contributed by atoms with van der Waals surface area (Å²) < 4.78 is 39.7. The van der Waals surface area contributed by atoms with E-state index in [1.165, 1.54) is 4.68 Å². The Hall–Kier alpha value is -2.91. The van der Waals surface area contributed by atoms with Crippen LogP contribution in [0, 0.1) is 0 Å². The molecule has 0 aliphatic rings. The molecule has 0 spiro atoms. The molecule has 0 unspecified atom stereocenters. The molecule has 0 radical (unpaired) electrons. The summed E-state index contributed by atoms with van der Waals surface area (Å²) in [4.78, 5) is 12.1. The molecule has 0 fully saturated rings. The largest absolute Gasteiger partial charge is 0.416 e. The molecule has 10 heteroatoms. The fourth-order valence-electron chi connectivity index (χ4n) is 2.56. The van der Waals surface area contributed by atoms with Crippen molar-refractivity contribution in [1.29, 1.82) is 0 Å². The summed E-state index contributed by atoms with van der Waals surface area (Å²) >= 11 is 5.88. The van der Waals surface area contributed by atoms with Crippen LogP contribution in [0.2, 0.25) is 5.02 Å². The van der Waals surface area contributed by atoms with Gasteiger partial charge in [-0.3, -0.25) is 4.79 Å². The molecule has 1 heterocycles. The molecule has 0 saturated heterocycles. The number of aromatic nitrogens is 3. The zero-order chi connectivity index (χ0) is 20.9. The first-order chi connectivity index (χ1) is 13.8. The van der Waals surface area contributed by atoms with Gasteiger partial charge < -0.3 is 10.6 Å². The van der Waals surface area contributed by atoms with E-state index < -0.39 is 17.6 Å². The van der Waals surface area contributed by atoms with Gasteiger partial charge in [-0.15, -0.1) is 5.10 Å². The summed E-state index contributed by atoms with van der Waals surface area (Å²) in [6.45, 7) is 0.899. The third kappa shape index (κ3) is 6.03. The molecule has 3 rings (SSSR count). The number of benzene rings is 2. The highest BCUT2D eigenvalue weighted by Gasteiger charge is 2.31. The highest BCUT2D eigenvalue weighted by atomic mass is 35.5. The fourth-order valence-corrected chi connectivity index (χ4v) is 2.73. The average Bonchev–Trinajstić information content (AvgIpc) is 3.10. The van der Waals surface area contributed by atoms with E-state index in [2.05, 4.69) is 20.9 Å². The van der Waals surface area contributed by atoms with Crippen LogP contribution in [0.15, 0.2) is 54.7 Å². The minimum atomic E-state index is -4.53. The summed E-state index contributed by atoms with van der Waals surface area (Å²) in [5.41, 5.74) is 0.740. The lowest BCUT2D eigenvalue weighted by molar-refractivity contribution is -0.137. The van der Waals surface area contributed by atoms with Crippen LogP contribution in [-0.4, -0.2) is 20.9 Å². The topological polar surface area (TPSA) is 71.8 Å². The molecule has 152 valence electrons. The lowest BCUT2D eigenvalue weighted by Crippen LogP contribution is -2.20. The highest BCUT2D eigenvalue weighted by molar-refractivity contribution is 6.33. The monoisotopic (exact) mass is 423 g/mol. The third-order valence-corrected chi connectivity index (χ3v) is 4.27. The van der Waals surface area contributed by atoms with Crippen molar-refractivity contribution in [2.24, 2.45) is 0 Å². The van der Waals surface area contributed by atoms with Gasteiger partial charge in [-0.05, 0) is 23.8 Å². The van der Waals surface area contributed by atoms with Gasteiger partial charge >= 0.3 is 6.18 Å². The van der Waals surface area contributed by atoms with E-state index in [9.17, 15) is 18.0 Å². The lowest BCUT2D eigenvalue weighted by atomic mass is 10.2. The molecular formula is C19H17ClF3N5O. The number of hydrogen-bond acceptors (Lipinski definition) is 4. The number of alkyl halides is 3. The summed E-state index contributed by atoms with van der Waals surface area (Å²) in [5.74, 6) is -0.570. The second-order valence-electron chi connectivity index (χ2n) is 6.24. The first-order valence-electron chi connectivity index (χ1n) is 8.61. The number of hydrogen-bond donors (Lipinski definition) is 2. The van der Waals surface area contributed by atoms with E-state index in [1.807, 2.05) is 30.3 Å². The number of nitrogens with one attached hydrogen (secondary N) is 2. The van der Waals surface area contributed by atoms with Crippen LogP contribution >= 0.6 is 11.6 Å². The van der Waals surface area contributed by atoms with Gasteiger partial charge in [0.15, 0.2) is 0 Å². The van der Waals surface area contributed by atoms with Gasteiger partial charge in [-0.25, -0.2) is 4.68 Å². The van der Waals surface area contributed by atoms with Crippen LogP contribution in [0.3, 0.4) is 0 Å². The maximum Gasteiger partial charge on any atom is 0.416 e. The number of nitrogens with zero attached hydrogens (tertiary/aromatic N) is 3. The number of anilines is 1. The number of rotatable bonds is 7. The number of halogens is 4. The Labute approximate surface area is 169 Å². The van der Waals surface area contributed by atoms with Crippen LogP contribution in [0.1, 0.15) is 16.8 Å². The molecule has 1 aromatic heterocycles. The molecule has 2 N–H and O–H groups in total. The van der Waals surface area contributed by atoms with Gasteiger partial charge in [0.2, 0.25) is 5.91 Å². The molecule has 6 nitrogen and oxygen atoms in total. The van der Waals surface area contributed by atoms with Crippen molar-refractivity contribution < 1.29 is 18.0 Å². The molecule has 0 atom stereocenters. The molecule has 2 aromatic carbocycles. The first-order valence-corrected chi connectivity index (χ1v) is 8.99. The van der Waals surface area contributed by atoms with Gasteiger partial charge in [0.05, 0.1) is 28.2 Å². The highest BCUT2D eigenvalue weighted by Crippen LogP contribution is 2.33. The number of carbonyl (C=O) groups is 1. The van der Waals surface area contributed by atoms with Crippen LogP contribution in [0.4, 0.5) is 18.9 Å². The second-order valence-corrected chi connectivity index (χ2v) is 6.64. The molecule has 0 bridgehead atoms. The van der Waals surface area contributed by atoms with Crippen LogP contribution < -0.4 is 10.6 Å². The van der Waals surface area contributed by atoms with Gasteiger partial charge in [0.1, 0.15) is 6.54 Å². The van der Waals surface area contributed by atoms with E-state index in [1.54, 1.807) is 6.20 Å². The van der Waals surface area contributed by atoms with E-state index >= 15 is 0 Å². The minimum absolute atomic E-state index is 0.00995. The van der Waals surface area contributed by atoms with Crippen LogP contribution in [0.5, 0.6) is 0 Å². The minimum Gasteiger partial charge on any atom is -0.323 e.